The zero-order valence-corrected chi connectivity index (χ0v) is 12.0. The van der Waals surface area contributed by atoms with Crippen LogP contribution in [0.2, 0.25) is 0 Å². The molecule has 0 aromatic heterocycles. The fourth-order valence-electron chi connectivity index (χ4n) is 3.29. The Morgan fingerprint density at radius 1 is 1.20 bits per heavy atom. The second-order valence-electron chi connectivity index (χ2n) is 5.73. The molecule has 0 radical (unpaired) electrons. The molecule has 0 saturated heterocycles. The maximum absolute atomic E-state index is 12.6. The van der Waals surface area contributed by atoms with Gasteiger partial charge < -0.3 is 5.32 Å². The monoisotopic (exact) mass is 285 g/mol. The van der Waals surface area contributed by atoms with Gasteiger partial charge in [-0.15, -0.1) is 0 Å². The number of halogens is 3. The Morgan fingerprint density at radius 2 is 1.85 bits per heavy atom. The minimum absolute atomic E-state index is 0.166. The fraction of sp³-hybridized carbons (Fsp3) is 0.625. The van der Waals surface area contributed by atoms with Crippen molar-refractivity contribution in [2.24, 2.45) is 11.8 Å². The molecule has 0 aliphatic heterocycles. The van der Waals surface area contributed by atoms with E-state index in [9.17, 15) is 13.2 Å². The Labute approximate surface area is 118 Å². The van der Waals surface area contributed by atoms with E-state index >= 15 is 0 Å². The van der Waals surface area contributed by atoms with Crippen molar-refractivity contribution in [3.05, 3.63) is 35.4 Å². The molecule has 1 nitrogen and oxygen atoms in total. The Hall–Kier alpha value is -1.03. The first kappa shape index (κ1) is 15.4. The molecule has 0 spiro atoms. The van der Waals surface area contributed by atoms with Gasteiger partial charge in [-0.2, -0.15) is 13.2 Å². The lowest BCUT2D eigenvalue weighted by molar-refractivity contribution is -0.137. The van der Waals surface area contributed by atoms with E-state index in [2.05, 4.69) is 12.2 Å². The van der Waals surface area contributed by atoms with Crippen molar-refractivity contribution in [1.29, 1.82) is 0 Å². The van der Waals surface area contributed by atoms with Crippen molar-refractivity contribution in [2.45, 2.75) is 45.3 Å². The van der Waals surface area contributed by atoms with Crippen LogP contribution in [0, 0.1) is 11.8 Å². The van der Waals surface area contributed by atoms with E-state index in [1.165, 1.54) is 25.0 Å². The molecule has 0 amide bonds. The molecule has 4 heteroatoms. The van der Waals surface area contributed by atoms with Crippen LogP contribution < -0.4 is 5.32 Å². The summed E-state index contributed by atoms with van der Waals surface area (Å²) >= 11 is 0. The quantitative estimate of drug-likeness (QED) is 0.838. The summed E-state index contributed by atoms with van der Waals surface area (Å²) in [7, 11) is 0. The van der Waals surface area contributed by atoms with E-state index in [0.717, 1.165) is 18.5 Å². The lowest BCUT2D eigenvalue weighted by Gasteiger charge is -2.28. The van der Waals surface area contributed by atoms with Gasteiger partial charge in [-0.25, -0.2) is 0 Å². The molecule has 1 aliphatic carbocycles. The van der Waals surface area contributed by atoms with Crippen molar-refractivity contribution in [2.75, 3.05) is 6.54 Å². The highest BCUT2D eigenvalue weighted by Crippen LogP contribution is 2.40. The lowest BCUT2D eigenvalue weighted by Crippen LogP contribution is -2.29. The van der Waals surface area contributed by atoms with Crippen molar-refractivity contribution in [3.8, 4) is 0 Å². The van der Waals surface area contributed by atoms with Crippen LogP contribution in [-0.2, 0) is 6.18 Å². The first-order valence-corrected chi connectivity index (χ1v) is 7.34. The summed E-state index contributed by atoms with van der Waals surface area (Å²) in [6.07, 6.45) is -0.672. The summed E-state index contributed by atoms with van der Waals surface area (Å²) in [5.41, 5.74) is 0.398. The molecule has 1 aromatic carbocycles. The second-order valence-corrected chi connectivity index (χ2v) is 5.73. The molecule has 112 valence electrons. The smallest absolute Gasteiger partial charge is 0.310 e. The summed E-state index contributed by atoms with van der Waals surface area (Å²) in [5, 5.41) is 3.45. The molecular formula is C16H22F3N. The molecule has 1 aliphatic rings. The molecule has 1 saturated carbocycles. The summed E-state index contributed by atoms with van der Waals surface area (Å²) < 4.78 is 37.8. The van der Waals surface area contributed by atoms with Crippen LogP contribution in [-0.4, -0.2) is 6.54 Å². The normalized spacial score (nSPS) is 24.9. The van der Waals surface area contributed by atoms with E-state index in [1.54, 1.807) is 12.1 Å². The standard InChI is InChI=1S/C16H22F3N/c1-3-20-15(14-6-4-5-11(14)2)12-7-9-13(10-8-12)16(17,18)19/h7-11,14-15,20H,3-6H2,1-2H3. The first-order chi connectivity index (χ1) is 9.43. The number of alkyl halides is 3. The number of benzene rings is 1. The number of rotatable bonds is 4. The summed E-state index contributed by atoms with van der Waals surface area (Å²) in [6.45, 7) is 5.11. The van der Waals surface area contributed by atoms with Crippen LogP contribution >= 0.6 is 0 Å². The zero-order valence-electron chi connectivity index (χ0n) is 12.0. The van der Waals surface area contributed by atoms with Crippen molar-refractivity contribution in [3.63, 3.8) is 0 Å². The summed E-state index contributed by atoms with van der Waals surface area (Å²) in [6, 6.07) is 5.81. The van der Waals surface area contributed by atoms with Gasteiger partial charge in [-0.05, 0) is 42.5 Å². The van der Waals surface area contributed by atoms with Gasteiger partial charge in [0.15, 0.2) is 0 Å². The average molecular weight is 285 g/mol. The average Bonchev–Trinajstić information content (AvgIpc) is 2.81. The van der Waals surface area contributed by atoms with Crippen LogP contribution in [0.4, 0.5) is 13.2 Å². The predicted octanol–water partition coefficient (Wildman–Crippen LogP) is 4.79. The Bertz CT molecular complexity index is 424. The summed E-state index contributed by atoms with van der Waals surface area (Å²) in [5.74, 6) is 1.15. The Balaban J connectivity index is 2.21. The van der Waals surface area contributed by atoms with Gasteiger partial charge in [0, 0.05) is 6.04 Å². The first-order valence-electron chi connectivity index (χ1n) is 7.34. The minimum atomic E-state index is -4.26. The highest BCUT2D eigenvalue weighted by atomic mass is 19.4. The molecule has 1 aromatic rings. The van der Waals surface area contributed by atoms with E-state index in [1.807, 2.05) is 6.92 Å². The van der Waals surface area contributed by atoms with Gasteiger partial charge in [-0.3, -0.25) is 0 Å². The lowest BCUT2D eigenvalue weighted by atomic mass is 9.85. The Kier molecular flexibility index (Phi) is 4.74. The molecule has 1 N–H and O–H groups in total. The van der Waals surface area contributed by atoms with Gasteiger partial charge in [0.05, 0.1) is 5.56 Å². The fourth-order valence-corrected chi connectivity index (χ4v) is 3.29. The highest BCUT2D eigenvalue weighted by Gasteiger charge is 2.33. The molecule has 0 heterocycles. The van der Waals surface area contributed by atoms with Gasteiger partial charge >= 0.3 is 6.18 Å². The third kappa shape index (κ3) is 3.35. The molecule has 20 heavy (non-hydrogen) atoms. The third-order valence-corrected chi connectivity index (χ3v) is 4.38. The van der Waals surface area contributed by atoms with Gasteiger partial charge in [0.25, 0.3) is 0 Å². The predicted molar refractivity (Wildman–Crippen MR) is 74.4 cm³/mol. The maximum Gasteiger partial charge on any atom is 0.416 e. The van der Waals surface area contributed by atoms with Crippen molar-refractivity contribution in [1.82, 2.24) is 5.32 Å². The molecule has 3 atom stereocenters. The topological polar surface area (TPSA) is 12.0 Å². The second kappa shape index (κ2) is 6.17. The highest BCUT2D eigenvalue weighted by molar-refractivity contribution is 5.27. The number of hydrogen-bond donors (Lipinski definition) is 1. The maximum atomic E-state index is 12.6. The van der Waals surface area contributed by atoms with Gasteiger partial charge in [-0.1, -0.05) is 38.8 Å². The van der Waals surface area contributed by atoms with E-state index in [0.29, 0.717) is 11.8 Å². The third-order valence-electron chi connectivity index (χ3n) is 4.38. The molecule has 0 bridgehead atoms. The largest absolute Gasteiger partial charge is 0.416 e. The van der Waals surface area contributed by atoms with Crippen LogP contribution in [0.1, 0.15) is 50.3 Å². The van der Waals surface area contributed by atoms with Crippen LogP contribution in [0.25, 0.3) is 0 Å². The van der Waals surface area contributed by atoms with E-state index in [-0.39, 0.29) is 6.04 Å². The van der Waals surface area contributed by atoms with Crippen LogP contribution in [0.5, 0.6) is 0 Å². The Morgan fingerprint density at radius 3 is 2.30 bits per heavy atom. The van der Waals surface area contributed by atoms with E-state index in [4.69, 9.17) is 0 Å². The molecule has 1 fully saturated rings. The SMILES string of the molecule is CCNC(c1ccc(C(F)(F)F)cc1)C1CCCC1C. The molecule has 2 rings (SSSR count). The number of hydrogen-bond acceptors (Lipinski definition) is 1. The zero-order chi connectivity index (χ0) is 14.8. The number of nitrogens with one attached hydrogen (secondary N) is 1. The van der Waals surface area contributed by atoms with Gasteiger partial charge in [0.1, 0.15) is 0 Å². The summed E-state index contributed by atoms with van der Waals surface area (Å²) in [4.78, 5) is 0. The van der Waals surface area contributed by atoms with Crippen molar-refractivity contribution >= 4 is 0 Å². The molecular weight excluding hydrogens is 263 g/mol. The van der Waals surface area contributed by atoms with Crippen molar-refractivity contribution < 1.29 is 13.2 Å². The van der Waals surface area contributed by atoms with Crippen LogP contribution in [0.15, 0.2) is 24.3 Å². The van der Waals surface area contributed by atoms with Crippen LogP contribution in [0.3, 0.4) is 0 Å². The van der Waals surface area contributed by atoms with Gasteiger partial charge in [0.2, 0.25) is 0 Å². The molecule has 3 unspecified atom stereocenters. The van der Waals surface area contributed by atoms with E-state index < -0.39 is 11.7 Å². The minimum Gasteiger partial charge on any atom is -0.310 e.